The molecule has 168 valence electrons. The first kappa shape index (κ1) is 21.8. The molecule has 4 fully saturated rings. The molecule has 0 radical (unpaired) electrons. The van der Waals surface area contributed by atoms with Crippen molar-refractivity contribution in [2.75, 3.05) is 11.9 Å². The molecule has 0 heterocycles. The molecule has 0 saturated heterocycles. The molecular weight excluding hydrogens is 390 g/mol. The van der Waals surface area contributed by atoms with Crippen molar-refractivity contribution in [3.05, 3.63) is 29.8 Å². The van der Waals surface area contributed by atoms with Crippen LogP contribution in [-0.2, 0) is 20.9 Å². The van der Waals surface area contributed by atoms with E-state index in [1.807, 2.05) is 31.2 Å². The van der Waals surface area contributed by atoms with Crippen molar-refractivity contribution in [1.29, 1.82) is 0 Å². The van der Waals surface area contributed by atoms with Gasteiger partial charge >= 0.3 is 0 Å². The predicted molar refractivity (Wildman–Crippen MR) is 120 cm³/mol. The highest BCUT2D eigenvalue weighted by Crippen LogP contribution is 2.60. The molecule has 6 heteroatoms. The monoisotopic (exact) mass is 425 g/mol. The van der Waals surface area contributed by atoms with Gasteiger partial charge in [-0.2, -0.15) is 0 Å². The molecule has 0 atom stereocenters. The third-order valence-electron chi connectivity index (χ3n) is 7.36. The predicted octanol–water partition coefficient (Wildman–Crippen LogP) is 3.76. The highest BCUT2D eigenvalue weighted by atomic mass is 16.2. The minimum Gasteiger partial charge on any atom is -0.355 e. The number of anilines is 1. The Morgan fingerprint density at radius 3 is 2.06 bits per heavy atom. The van der Waals surface area contributed by atoms with Crippen molar-refractivity contribution in [2.45, 2.75) is 71.3 Å². The van der Waals surface area contributed by atoms with E-state index in [1.165, 1.54) is 19.3 Å². The third kappa shape index (κ3) is 5.28. The minimum absolute atomic E-state index is 0.0131. The van der Waals surface area contributed by atoms with Gasteiger partial charge in [0.1, 0.15) is 0 Å². The molecule has 0 unspecified atom stereocenters. The Balaban J connectivity index is 1.16. The average molecular weight is 426 g/mol. The zero-order valence-corrected chi connectivity index (χ0v) is 18.5. The quantitative estimate of drug-likeness (QED) is 0.563. The molecule has 3 N–H and O–H groups in total. The molecule has 0 aliphatic heterocycles. The first-order valence-electron chi connectivity index (χ1n) is 11.9. The molecule has 31 heavy (non-hydrogen) atoms. The number of rotatable bonds is 9. The van der Waals surface area contributed by atoms with Gasteiger partial charge in [-0.1, -0.05) is 19.1 Å². The van der Waals surface area contributed by atoms with Gasteiger partial charge in [0.05, 0.1) is 0 Å². The topological polar surface area (TPSA) is 87.3 Å². The lowest BCUT2D eigenvalue weighted by atomic mass is 9.49. The Kier molecular flexibility index (Phi) is 6.63. The molecule has 1 aromatic rings. The van der Waals surface area contributed by atoms with Gasteiger partial charge in [-0.15, -0.1) is 0 Å². The number of hydrogen-bond donors (Lipinski definition) is 3. The summed E-state index contributed by atoms with van der Waals surface area (Å²) >= 11 is 0. The second kappa shape index (κ2) is 9.41. The first-order valence-corrected chi connectivity index (χ1v) is 11.9. The van der Waals surface area contributed by atoms with Gasteiger partial charge in [0.2, 0.25) is 17.7 Å². The van der Waals surface area contributed by atoms with Gasteiger partial charge in [-0.3, -0.25) is 14.4 Å². The lowest BCUT2D eigenvalue weighted by Gasteiger charge is -2.55. The van der Waals surface area contributed by atoms with E-state index in [9.17, 15) is 14.4 Å². The van der Waals surface area contributed by atoms with Crippen molar-refractivity contribution in [1.82, 2.24) is 10.6 Å². The molecule has 0 spiro atoms. The summed E-state index contributed by atoms with van der Waals surface area (Å²) < 4.78 is 0. The number of nitrogens with one attached hydrogen (secondary N) is 3. The Labute approximate surface area is 184 Å². The van der Waals surface area contributed by atoms with Crippen LogP contribution < -0.4 is 16.0 Å². The number of hydrogen-bond acceptors (Lipinski definition) is 3. The first-order chi connectivity index (χ1) is 15.0. The van der Waals surface area contributed by atoms with Gasteiger partial charge in [0.25, 0.3) is 0 Å². The van der Waals surface area contributed by atoms with E-state index in [0.717, 1.165) is 54.7 Å². The highest BCUT2D eigenvalue weighted by molar-refractivity contribution is 5.90. The van der Waals surface area contributed by atoms with Gasteiger partial charge in [0, 0.05) is 37.0 Å². The van der Waals surface area contributed by atoms with Crippen molar-refractivity contribution >= 4 is 23.4 Å². The largest absolute Gasteiger partial charge is 0.355 e. The molecule has 6 nitrogen and oxygen atoms in total. The third-order valence-corrected chi connectivity index (χ3v) is 7.36. The van der Waals surface area contributed by atoms with Gasteiger partial charge < -0.3 is 16.0 Å². The average Bonchev–Trinajstić information content (AvgIpc) is 2.72. The maximum absolute atomic E-state index is 12.9. The molecule has 1 aromatic carbocycles. The van der Waals surface area contributed by atoms with Crippen LogP contribution >= 0.6 is 0 Å². The van der Waals surface area contributed by atoms with E-state index in [0.29, 0.717) is 25.9 Å². The van der Waals surface area contributed by atoms with Gasteiger partial charge in [-0.25, -0.2) is 0 Å². The number of amides is 3. The van der Waals surface area contributed by atoms with Gasteiger partial charge in [-0.05, 0) is 80.4 Å². The van der Waals surface area contributed by atoms with Crippen molar-refractivity contribution in [3.8, 4) is 0 Å². The van der Waals surface area contributed by atoms with E-state index < -0.39 is 0 Å². The number of carbonyl (C=O) groups is 3. The van der Waals surface area contributed by atoms with E-state index >= 15 is 0 Å². The number of carbonyl (C=O) groups excluding carboxylic acids is 3. The summed E-state index contributed by atoms with van der Waals surface area (Å²) in [6.45, 7) is 2.81. The number of benzene rings is 1. The second-order valence-electron chi connectivity index (χ2n) is 9.98. The van der Waals surface area contributed by atoms with Crippen LogP contribution in [0, 0.1) is 23.2 Å². The lowest BCUT2D eigenvalue weighted by Crippen LogP contribution is -2.53. The maximum Gasteiger partial charge on any atom is 0.226 e. The van der Waals surface area contributed by atoms with Crippen LogP contribution in [0.3, 0.4) is 0 Å². The van der Waals surface area contributed by atoms with Crippen molar-refractivity contribution in [3.63, 3.8) is 0 Å². The SMILES string of the molecule is CCCC(=O)Nc1ccc(CNC(=O)CCNC(=O)C23CC4CC(CC(C4)C2)C3)cc1. The standard InChI is InChI=1S/C25H35N3O3/c1-2-3-23(30)28-21-6-4-17(5-7-21)16-27-22(29)8-9-26-24(31)25-13-18-10-19(14-25)12-20(11-18)15-25/h4-7,18-20H,2-3,8-16H2,1H3,(H,26,31)(H,27,29)(H,28,30). The van der Waals surface area contributed by atoms with Crippen molar-refractivity contribution in [2.24, 2.45) is 23.2 Å². The summed E-state index contributed by atoms with van der Waals surface area (Å²) in [5, 5.41) is 8.83. The van der Waals surface area contributed by atoms with Crippen LogP contribution in [0.2, 0.25) is 0 Å². The van der Waals surface area contributed by atoms with Crippen LogP contribution in [-0.4, -0.2) is 24.3 Å². The molecule has 4 bridgehead atoms. The van der Waals surface area contributed by atoms with Crippen molar-refractivity contribution < 1.29 is 14.4 Å². The maximum atomic E-state index is 12.9. The Hall–Kier alpha value is -2.37. The summed E-state index contributed by atoms with van der Waals surface area (Å²) in [5.41, 5.74) is 1.58. The minimum atomic E-state index is -0.153. The van der Waals surface area contributed by atoms with Gasteiger partial charge in [0.15, 0.2) is 0 Å². The highest BCUT2D eigenvalue weighted by Gasteiger charge is 2.54. The fraction of sp³-hybridized carbons (Fsp3) is 0.640. The molecule has 0 aromatic heterocycles. The van der Waals surface area contributed by atoms with Crippen LogP contribution in [0.5, 0.6) is 0 Å². The normalized spacial score (nSPS) is 28.2. The summed E-state index contributed by atoms with van der Waals surface area (Å²) in [6, 6.07) is 7.49. The molecular formula is C25H35N3O3. The summed E-state index contributed by atoms with van der Waals surface area (Å²) in [7, 11) is 0. The van der Waals surface area contributed by atoms with E-state index in [1.54, 1.807) is 0 Å². The summed E-state index contributed by atoms with van der Waals surface area (Å²) in [5.74, 6) is 2.36. The van der Waals surface area contributed by atoms with E-state index in [-0.39, 0.29) is 23.1 Å². The summed E-state index contributed by atoms with van der Waals surface area (Å²) in [6.07, 6.45) is 8.73. The van der Waals surface area contributed by atoms with Crippen LogP contribution in [0.4, 0.5) is 5.69 Å². The fourth-order valence-electron chi connectivity index (χ4n) is 6.31. The fourth-order valence-corrected chi connectivity index (χ4v) is 6.31. The molecule has 3 amide bonds. The van der Waals surface area contributed by atoms with Crippen LogP contribution in [0.25, 0.3) is 0 Å². The Bertz CT molecular complexity index is 783. The van der Waals surface area contributed by atoms with Crippen LogP contribution in [0.1, 0.15) is 70.3 Å². The lowest BCUT2D eigenvalue weighted by molar-refractivity contribution is -0.146. The second-order valence-corrected chi connectivity index (χ2v) is 9.98. The Morgan fingerprint density at radius 1 is 0.871 bits per heavy atom. The molecule has 4 saturated carbocycles. The molecule has 5 rings (SSSR count). The summed E-state index contributed by atoms with van der Waals surface area (Å²) in [4.78, 5) is 36.8. The van der Waals surface area contributed by atoms with E-state index in [2.05, 4.69) is 16.0 Å². The van der Waals surface area contributed by atoms with E-state index in [4.69, 9.17) is 0 Å². The van der Waals surface area contributed by atoms with Crippen LogP contribution in [0.15, 0.2) is 24.3 Å². The zero-order valence-electron chi connectivity index (χ0n) is 18.5. The Morgan fingerprint density at radius 2 is 1.48 bits per heavy atom. The molecule has 4 aliphatic rings. The molecule has 4 aliphatic carbocycles. The zero-order chi connectivity index (χ0) is 21.8. The smallest absolute Gasteiger partial charge is 0.226 e.